The number of carboxylic acid groups (broad SMARTS) is 1. The first-order valence-electron chi connectivity index (χ1n) is 5.74. The van der Waals surface area contributed by atoms with E-state index < -0.39 is 17.8 Å². The Morgan fingerprint density at radius 2 is 1.94 bits per heavy atom. The van der Waals surface area contributed by atoms with E-state index in [9.17, 15) is 9.59 Å². The zero-order valence-corrected chi connectivity index (χ0v) is 9.77. The molecule has 0 heterocycles. The lowest BCUT2D eigenvalue weighted by molar-refractivity contribution is -0.147. The van der Waals surface area contributed by atoms with Gasteiger partial charge in [-0.3, -0.25) is 9.59 Å². The van der Waals surface area contributed by atoms with Gasteiger partial charge in [-0.25, -0.2) is 0 Å². The minimum absolute atomic E-state index is 0.104. The van der Waals surface area contributed by atoms with Crippen LogP contribution in [-0.2, 0) is 9.59 Å². The lowest BCUT2D eigenvalue weighted by atomic mass is 9.82. The highest BCUT2D eigenvalue weighted by molar-refractivity contribution is 5.85. The summed E-state index contributed by atoms with van der Waals surface area (Å²) in [5.74, 6) is -2.01. The second kappa shape index (κ2) is 5.68. The normalized spacial score (nSPS) is 26.1. The molecule has 0 saturated heterocycles. The Balaban J connectivity index is 2.65. The number of nitrogens with one attached hydrogen (secondary N) is 1. The fourth-order valence-electron chi connectivity index (χ4n) is 1.83. The minimum atomic E-state index is -0.881. The Hall–Kier alpha value is -1.32. The molecule has 3 atom stereocenters. The molecule has 0 fully saturated rings. The van der Waals surface area contributed by atoms with E-state index >= 15 is 0 Å². The van der Waals surface area contributed by atoms with E-state index in [0.717, 1.165) is 6.42 Å². The molecule has 1 rings (SSSR count). The fraction of sp³-hybridized carbons (Fsp3) is 0.667. The van der Waals surface area contributed by atoms with Gasteiger partial charge in [-0.2, -0.15) is 0 Å². The van der Waals surface area contributed by atoms with Crippen LogP contribution in [0.1, 0.15) is 33.1 Å². The van der Waals surface area contributed by atoms with Crippen LogP contribution in [0.15, 0.2) is 12.2 Å². The monoisotopic (exact) mass is 225 g/mol. The zero-order valence-electron chi connectivity index (χ0n) is 9.77. The molecule has 90 valence electrons. The molecule has 1 amide bonds. The maximum absolute atomic E-state index is 11.9. The number of hydrogen-bond acceptors (Lipinski definition) is 2. The van der Waals surface area contributed by atoms with Crippen molar-refractivity contribution >= 4 is 11.9 Å². The molecule has 1 unspecified atom stereocenters. The van der Waals surface area contributed by atoms with E-state index in [-0.39, 0.29) is 11.9 Å². The quantitative estimate of drug-likeness (QED) is 0.714. The Kier molecular flexibility index (Phi) is 4.52. The van der Waals surface area contributed by atoms with Gasteiger partial charge in [0, 0.05) is 6.04 Å². The Morgan fingerprint density at radius 3 is 2.44 bits per heavy atom. The standard InChI is InChI=1S/C12H19NO3/c1-3-8(2)13-11(14)9-6-4-5-7-10(9)12(15)16/h4-5,8-10H,3,6-7H2,1-2H3,(H,13,14)(H,15,16)/t8?,9-,10+/m1/s1. The van der Waals surface area contributed by atoms with Gasteiger partial charge in [0.15, 0.2) is 0 Å². The van der Waals surface area contributed by atoms with E-state index in [0.29, 0.717) is 12.8 Å². The molecule has 1 aliphatic carbocycles. The maximum atomic E-state index is 11.9. The van der Waals surface area contributed by atoms with Crippen LogP contribution >= 0.6 is 0 Å². The average molecular weight is 225 g/mol. The number of amides is 1. The van der Waals surface area contributed by atoms with Crippen molar-refractivity contribution in [3.8, 4) is 0 Å². The molecule has 1 aliphatic rings. The molecule has 4 heteroatoms. The summed E-state index contributed by atoms with van der Waals surface area (Å²) in [4.78, 5) is 22.9. The molecule has 0 bridgehead atoms. The van der Waals surface area contributed by atoms with Gasteiger partial charge >= 0.3 is 5.97 Å². The topological polar surface area (TPSA) is 66.4 Å². The number of carbonyl (C=O) groups excluding carboxylic acids is 1. The van der Waals surface area contributed by atoms with Crippen molar-refractivity contribution in [3.63, 3.8) is 0 Å². The number of carbonyl (C=O) groups is 2. The largest absolute Gasteiger partial charge is 0.481 e. The molecule has 2 N–H and O–H groups in total. The van der Waals surface area contributed by atoms with Crippen molar-refractivity contribution in [2.75, 3.05) is 0 Å². The first-order chi connectivity index (χ1) is 7.56. The van der Waals surface area contributed by atoms with Gasteiger partial charge in [-0.15, -0.1) is 0 Å². The van der Waals surface area contributed by atoms with E-state index in [1.165, 1.54) is 0 Å². The number of allylic oxidation sites excluding steroid dienone is 2. The molecule has 4 nitrogen and oxygen atoms in total. The highest BCUT2D eigenvalue weighted by Gasteiger charge is 2.34. The van der Waals surface area contributed by atoms with Crippen LogP contribution in [0.4, 0.5) is 0 Å². The van der Waals surface area contributed by atoms with Gasteiger partial charge in [-0.1, -0.05) is 19.1 Å². The van der Waals surface area contributed by atoms with Crippen molar-refractivity contribution in [1.82, 2.24) is 5.32 Å². The molecular weight excluding hydrogens is 206 g/mol. The summed E-state index contributed by atoms with van der Waals surface area (Å²) in [7, 11) is 0. The summed E-state index contributed by atoms with van der Waals surface area (Å²) in [6.45, 7) is 3.91. The molecule has 16 heavy (non-hydrogen) atoms. The molecule has 0 spiro atoms. The van der Waals surface area contributed by atoms with E-state index in [1.807, 2.05) is 26.0 Å². The number of aliphatic carboxylic acids is 1. The zero-order chi connectivity index (χ0) is 12.1. The number of carboxylic acids is 1. The van der Waals surface area contributed by atoms with Gasteiger partial charge in [0.2, 0.25) is 5.91 Å². The van der Waals surface area contributed by atoms with Crippen LogP contribution in [0, 0.1) is 11.8 Å². The summed E-state index contributed by atoms with van der Waals surface area (Å²) in [5.41, 5.74) is 0. The molecule has 0 aromatic heterocycles. The lowest BCUT2D eigenvalue weighted by Crippen LogP contribution is -2.42. The van der Waals surface area contributed by atoms with E-state index in [1.54, 1.807) is 0 Å². The van der Waals surface area contributed by atoms with Gasteiger partial charge in [0.1, 0.15) is 0 Å². The van der Waals surface area contributed by atoms with Gasteiger partial charge in [0.05, 0.1) is 11.8 Å². The van der Waals surface area contributed by atoms with Crippen LogP contribution in [0.25, 0.3) is 0 Å². The fourth-order valence-corrected chi connectivity index (χ4v) is 1.83. The van der Waals surface area contributed by atoms with Crippen LogP contribution in [0.5, 0.6) is 0 Å². The van der Waals surface area contributed by atoms with Crippen molar-refractivity contribution < 1.29 is 14.7 Å². The summed E-state index contributed by atoms with van der Waals surface area (Å²) in [5, 5.41) is 11.9. The maximum Gasteiger partial charge on any atom is 0.307 e. The van der Waals surface area contributed by atoms with Gasteiger partial charge in [-0.05, 0) is 26.2 Å². The first kappa shape index (κ1) is 12.7. The Morgan fingerprint density at radius 1 is 1.38 bits per heavy atom. The third-order valence-corrected chi connectivity index (χ3v) is 3.09. The van der Waals surface area contributed by atoms with Crippen molar-refractivity contribution in [3.05, 3.63) is 12.2 Å². The predicted octanol–water partition coefficient (Wildman–Crippen LogP) is 1.57. The SMILES string of the molecule is CCC(C)NC(=O)[C@@H]1CC=CC[C@@H]1C(=O)O. The molecule has 0 radical (unpaired) electrons. The predicted molar refractivity (Wildman–Crippen MR) is 60.9 cm³/mol. The van der Waals surface area contributed by atoms with Crippen molar-refractivity contribution in [2.45, 2.75) is 39.2 Å². The second-order valence-electron chi connectivity index (χ2n) is 4.31. The Bertz CT molecular complexity index is 299. The average Bonchev–Trinajstić information content (AvgIpc) is 2.28. The van der Waals surface area contributed by atoms with Crippen molar-refractivity contribution in [2.24, 2.45) is 11.8 Å². The van der Waals surface area contributed by atoms with Crippen LogP contribution in [0.2, 0.25) is 0 Å². The lowest BCUT2D eigenvalue weighted by Gasteiger charge is -2.25. The molecule has 0 aliphatic heterocycles. The minimum Gasteiger partial charge on any atom is -0.481 e. The third-order valence-electron chi connectivity index (χ3n) is 3.09. The highest BCUT2D eigenvalue weighted by Crippen LogP contribution is 2.26. The van der Waals surface area contributed by atoms with Crippen LogP contribution in [0.3, 0.4) is 0 Å². The summed E-state index contributed by atoms with van der Waals surface area (Å²) in [6, 6.07) is 0.104. The summed E-state index contributed by atoms with van der Waals surface area (Å²) in [6.07, 6.45) is 5.56. The molecule has 0 saturated carbocycles. The van der Waals surface area contributed by atoms with E-state index in [2.05, 4.69) is 5.32 Å². The first-order valence-corrected chi connectivity index (χ1v) is 5.74. The third kappa shape index (κ3) is 3.08. The smallest absolute Gasteiger partial charge is 0.307 e. The number of rotatable bonds is 4. The molecule has 0 aromatic rings. The van der Waals surface area contributed by atoms with Crippen molar-refractivity contribution in [1.29, 1.82) is 0 Å². The summed E-state index contributed by atoms with van der Waals surface area (Å²) < 4.78 is 0. The molecule has 0 aromatic carbocycles. The number of hydrogen-bond donors (Lipinski definition) is 2. The van der Waals surface area contributed by atoms with Crippen LogP contribution < -0.4 is 5.32 Å². The van der Waals surface area contributed by atoms with Gasteiger partial charge < -0.3 is 10.4 Å². The van der Waals surface area contributed by atoms with E-state index in [4.69, 9.17) is 5.11 Å². The second-order valence-corrected chi connectivity index (χ2v) is 4.31. The molecular formula is C12H19NO3. The van der Waals surface area contributed by atoms with Crippen LogP contribution in [-0.4, -0.2) is 23.0 Å². The summed E-state index contributed by atoms with van der Waals surface area (Å²) >= 11 is 0. The Labute approximate surface area is 95.7 Å². The van der Waals surface area contributed by atoms with Gasteiger partial charge in [0.25, 0.3) is 0 Å². The highest BCUT2D eigenvalue weighted by atomic mass is 16.4.